The maximum atomic E-state index is 12.8. The molecule has 0 rings (SSSR count). The van der Waals surface area contributed by atoms with Crippen LogP contribution in [0.15, 0.2) is 122 Å². The Morgan fingerprint density at radius 2 is 0.549 bits per heavy atom. The van der Waals surface area contributed by atoms with Gasteiger partial charge in [0.15, 0.2) is 6.10 Å². The van der Waals surface area contributed by atoms with Crippen molar-refractivity contribution in [2.45, 2.75) is 258 Å². The smallest absolute Gasteiger partial charge is 0.306 e. The zero-order valence-electron chi connectivity index (χ0n) is 45.9. The highest BCUT2D eigenvalue weighted by atomic mass is 16.6. The van der Waals surface area contributed by atoms with Gasteiger partial charge in [-0.15, -0.1) is 0 Å². The zero-order chi connectivity index (χ0) is 51.4. The lowest BCUT2D eigenvalue weighted by Crippen LogP contribution is -2.30. The zero-order valence-corrected chi connectivity index (χ0v) is 45.9. The van der Waals surface area contributed by atoms with Crippen LogP contribution in [0.1, 0.15) is 252 Å². The van der Waals surface area contributed by atoms with Crippen LogP contribution in [-0.4, -0.2) is 37.2 Å². The fraction of sp³-hybridized carbons (Fsp3) is 0.646. The van der Waals surface area contributed by atoms with E-state index in [9.17, 15) is 14.4 Å². The average Bonchev–Trinajstić information content (AvgIpc) is 3.37. The van der Waals surface area contributed by atoms with Crippen LogP contribution in [0, 0.1) is 0 Å². The molecule has 0 N–H and O–H groups in total. The molecule has 0 radical (unpaired) electrons. The van der Waals surface area contributed by atoms with Crippen molar-refractivity contribution in [2.24, 2.45) is 0 Å². The van der Waals surface area contributed by atoms with Gasteiger partial charge in [0, 0.05) is 19.3 Å². The molecule has 71 heavy (non-hydrogen) atoms. The minimum absolute atomic E-state index is 0.0932. The molecule has 0 saturated heterocycles. The lowest BCUT2D eigenvalue weighted by atomic mass is 10.1. The Morgan fingerprint density at radius 3 is 0.859 bits per heavy atom. The highest BCUT2D eigenvalue weighted by Crippen LogP contribution is 2.13. The molecule has 0 aromatic rings. The van der Waals surface area contributed by atoms with Crippen LogP contribution >= 0.6 is 0 Å². The topological polar surface area (TPSA) is 78.9 Å². The second kappa shape index (κ2) is 58.4. The lowest BCUT2D eigenvalue weighted by Gasteiger charge is -2.18. The standard InChI is InChI=1S/C65H106O6/c1-4-7-10-13-15-17-19-21-23-25-27-29-30-31-32-33-34-36-37-39-41-43-45-47-49-52-55-58-64(67)70-61-62(60-69-63(66)57-54-51-12-9-6-3)71-65(68)59-56-53-50-48-46-44-42-40-38-35-28-26-24-22-20-18-16-14-11-8-5-2/h7,10,15,17,20-23,26-29,31-32,34,36,38-41,62H,4-6,8-9,11-14,16,18-19,24-25,30,33,35,37,42-61H2,1-3H3/b10-7-,17-15-,22-20-,23-21-,28-26-,29-27-,32-31-,36-34-,40-38-,41-39-. The Bertz CT molecular complexity index is 1500. The Labute approximate surface area is 437 Å². The summed E-state index contributed by atoms with van der Waals surface area (Å²) in [6.45, 7) is 6.39. The first-order valence-corrected chi connectivity index (χ1v) is 29.0. The van der Waals surface area contributed by atoms with Crippen molar-refractivity contribution in [1.29, 1.82) is 0 Å². The van der Waals surface area contributed by atoms with E-state index in [1.54, 1.807) is 0 Å². The molecule has 0 aliphatic rings. The first-order chi connectivity index (χ1) is 35.0. The van der Waals surface area contributed by atoms with E-state index in [4.69, 9.17) is 14.2 Å². The summed E-state index contributed by atoms with van der Waals surface area (Å²) in [4.78, 5) is 37.8. The van der Waals surface area contributed by atoms with Crippen LogP contribution in [0.3, 0.4) is 0 Å². The van der Waals surface area contributed by atoms with Gasteiger partial charge < -0.3 is 14.2 Å². The number of ether oxygens (including phenoxy) is 3. The van der Waals surface area contributed by atoms with Gasteiger partial charge in [-0.3, -0.25) is 14.4 Å². The van der Waals surface area contributed by atoms with Crippen LogP contribution in [0.25, 0.3) is 0 Å². The quantitative estimate of drug-likeness (QED) is 0.0261. The third kappa shape index (κ3) is 56.6. The molecule has 6 heteroatoms. The van der Waals surface area contributed by atoms with Gasteiger partial charge in [0.2, 0.25) is 0 Å². The molecule has 0 aromatic carbocycles. The summed E-state index contributed by atoms with van der Waals surface area (Å²) in [5.74, 6) is -0.943. The maximum Gasteiger partial charge on any atom is 0.306 e. The van der Waals surface area contributed by atoms with E-state index in [0.717, 1.165) is 161 Å². The second-order valence-electron chi connectivity index (χ2n) is 18.8. The van der Waals surface area contributed by atoms with Crippen molar-refractivity contribution < 1.29 is 28.6 Å². The Morgan fingerprint density at radius 1 is 0.296 bits per heavy atom. The van der Waals surface area contributed by atoms with E-state index in [1.165, 1.54) is 51.4 Å². The minimum Gasteiger partial charge on any atom is -0.462 e. The molecule has 402 valence electrons. The first kappa shape index (κ1) is 66.8. The summed E-state index contributed by atoms with van der Waals surface area (Å²) in [7, 11) is 0. The summed E-state index contributed by atoms with van der Waals surface area (Å²) in [6.07, 6.45) is 80.9. The number of esters is 3. The van der Waals surface area contributed by atoms with Gasteiger partial charge in [-0.25, -0.2) is 0 Å². The summed E-state index contributed by atoms with van der Waals surface area (Å²) >= 11 is 0. The molecule has 0 heterocycles. The van der Waals surface area contributed by atoms with Crippen molar-refractivity contribution in [3.8, 4) is 0 Å². The molecule has 0 saturated carbocycles. The summed E-state index contributed by atoms with van der Waals surface area (Å²) < 4.78 is 16.7. The van der Waals surface area contributed by atoms with E-state index in [2.05, 4.69) is 142 Å². The maximum absolute atomic E-state index is 12.8. The van der Waals surface area contributed by atoms with Crippen LogP contribution in [-0.2, 0) is 28.6 Å². The van der Waals surface area contributed by atoms with E-state index in [-0.39, 0.29) is 31.1 Å². The van der Waals surface area contributed by atoms with Crippen molar-refractivity contribution >= 4 is 17.9 Å². The second-order valence-corrected chi connectivity index (χ2v) is 18.8. The van der Waals surface area contributed by atoms with Gasteiger partial charge in [0.25, 0.3) is 0 Å². The van der Waals surface area contributed by atoms with Crippen LogP contribution < -0.4 is 0 Å². The molecular weight excluding hydrogens is 877 g/mol. The number of carbonyl (C=O) groups excluding carboxylic acids is 3. The monoisotopic (exact) mass is 983 g/mol. The summed E-state index contributed by atoms with van der Waals surface area (Å²) in [5, 5.41) is 0. The largest absolute Gasteiger partial charge is 0.462 e. The number of hydrogen-bond acceptors (Lipinski definition) is 6. The minimum atomic E-state index is -0.793. The summed E-state index contributed by atoms with van der Waals surface area (Å²) in [5.41, 5.74) is 0. The Kier molecular flexibility index (Phi) is 54.9. The molecule has 0 aromatic heterocycles. The van der Waals surface area contributed by atoms with Crippen LogP contribution in [0.4, 0.5) is 0 Å². The first-order valence-electron chi connectivity index (χ1n) is 29.0. The van der Waals surface area contributed by atoms with Crippen molar-refractivity contribution in [1.82, 2.24) is 0 Å². The highest BCUT2D eigenvalue weighted by molar-refractivity contribution is 5.71. The number of rotatable bonds is 51. The molecule has 0 aliphatic carbocycles. The SMILES string of the molecule is CC/C=C\C/C=C\C/C=C\C/C=C\C/C=C\C/C=C\C/C=C\CCCCCCCC(=O)OCC(COC(=O)CCCCCCC)OC(=O)CCCCCCCC/C=C\C/C=C\C/C=C\CCCCCCC. The number of hydrogen-bond donors (Lipinski definition) is 0. The normalized spacial score (nSPS) is 13.0. The van der Waals surface area contributed by atoms with Crippen molar-refractivity contribution in [3.05, 3.63) is 122 Å². The van der Waals surface area contributed by atoms with Crippen LogP contribution in [0.5, 0.6) is 0 Å². The van der Waals surface area contributed by atoms with Gasteiger partial charge in [-0.05, 0) is 116 Å². The molecular formula is C65H106O6. The fourth-order valence-corrected chi connectivity index (χ4v) is 7.60. The molecule has 0 aliphatic heterocycles. The number of carbonyl (C=O) groups is 3. The molecule has 0 fully saturated rings. The number of allylic oxidation sites excluding steroid dienone is 20. The highest BCUT2D eigenvalue weighted by Gasteiger charge is 2.19. The van der Waals surface area contributed by atoms with E-state index in [1.807, 2.05) is 0 Å². The molecule has 0 spiro atoms. The molecule has 0 bridgehead atoms. The Hall–Kier alpha value is -4.19. The summed E-state index contributed by atoms with van der Waals surface area (Å²) in [6, 6.07) is 0. The molecule has 1 atom stereocenters. The molecule has 6 nitrogen and oxygen atoms in total. The van der Waals surface area contributed by atoms with E-state index >= 15 is 0 Å². The van der Waals surface area contributed by atoms with Gasteiger partial charge in [-0.1, -0.05) is 239 Å². The third-order valence-corrected chi connectivity index (χ3v) is 12.0. The van der Waals surface area contributed by atoms with Crippen molar-refractivity contribution in [2.75, 3.05) is 13.2 Å². The molecule has 0 amide bonds. The average molecular weight is 984 g/mol. The predicted molar refractivity (Wildman–Crippen MR) is 306 cm³/mol. The van der Waals surface area contributed by atoms with Gasteiger partial charge in [-0.2, -0.15) is 0 Å². The Balaban J connectivity index is 4.20. The van der Waals surface area contributed by atoms with Crippen molar-refractivity contribution in [3.63, 3.8) is 0 Å². The van der Waals surface area contributed by atoms with Gasteiger partial charge >= 0.3 is 17.9 Å². The number of unbranched alkanes of at least 4 members (excludes halogenated alkanes) is 20. The van der Waals surface area contributed by atoms with Gasteiger partial charge in [0.1, 0.15) is 13.2 Å². The predicted octanol–water partition coefficient (Wildman–Crippen LogP) is 19.6. The van der Waals surface area contributed by atoms with E-state index < -0.39 is 6.10 Å². The van der Waals surface area contributed by atoms with E-state index in [0.29, 0.717) is 19.3 Å². The molecule has 1 unspecified atom stereocenters. The van der Waals surface area contributed by atoms with Gasteiger partial charge in [0.05, 0.1) is 0 Å². The third-order valence-electron chi connectivity index (χ3n) is 12.0. The lowest BCUT2D eigenvalue weighted by molar-refractivity contribution is -0.167. The fourth-order valence-electron chi connectivity index (χ4n) is 7.60. The van der Waals surface area contributed by atoms with Crippen LogP contribution in [0.2, 0.25) is 0 Å².